The molecule has 0 aliphatic rings. The number of carbonyl (C=O) groups excluding carboxylic acids is 1. The van der Waals surface area contributed by atoms with E-state index in [1.165, 1.54) is 6.07 Å². The van der Waals surface area contributed by atoms with Crippen LogP contribution in [0.3, 0.4) is 0 Å². The smallest absolute Gasteiger partial charge is 0.192 e. The van der Waals surface area contributed by atoms with E-state index in [2.05, 4.69) is 0 Å². The third kappa shape index (κ3) is 3.54. The van der Waals surface area contributed by atoms with Crippen molar-refractivity contribution in [1.29, 1.82) is 0 Å². The van der Waals surface area contributed by atoms with Gasteiger partial charge in [0.05, 0.1) is 5.56 Å². The number of carbonyl (C=O) groups is 1. The number of phenols is 1. The van der Waals surface area contributed by atoms with Crippen molar-refractivity contribution in [1.82, 2.24) is 0 Å². The first-order chi connectivity index (χ1) is 8.10. The molecule has 17 heavy (non-hydrogen) atoms. The Labute approximate surface area is 101 Å². The van der Waals surface area contributed by atoms with Crippen LogP contribution in [0.15, 0.2) is 18.2 Å². The molecule has 4 nitrogen and oxygen atoms in total. The quantitative estimate of drug-likeness (QED) is 0.740. The van der Waals surface area contributed by atoms with E-state index >= 15 is 0 Å². The van der Waals surface area contributed by atoms with Crippen LogP contribution < -0.4 is 0 Å². The molecule has 4 heteroatoms. The maximum absolute atomic E-state index is 11.7. The molecule has 0 radical (unpaired) electrons. The van der Waals surface area contributed by atoms with Crippen LogP contribution in [0.2, 0.25) is 0 Å². The summed E-state index contributed by atoms with van der Waals surface area (Å²) in [5.74, 6) is -0.367. The molecule has 1 aromatic carbocycles. The Balaban J connectivity index is 2.93. The SMILES string of the molecule is CCOCC(=O)c1cc(C(C)CO)ccc1O. The van der Waals surface area contributed by atoms with Crippen molar-refractivity contribution in [2.45, 2.75) is 19.8 Å². The fourth-order valence-electron chi connectivity index (χ4n) is 1.46. The second-order valence-electron chi connectivity index (χ2n) is 3.92. The molecule has 0 saturated heterocycles. The van der Waals surface area contributed by atoms with Crippen LogP contribution in [-0.4, -0.2) is 35.8 Å². The van der Waals surface area contributed by atoms with Crippen LogP contribution in [0.25, 0.3) is 0 Å². The zero-order chi connectivity index (χ0) is 12.8. The highest BCUT2D eigenvalue weighted by molar-refractivity contribution is 5.99. The number of rotatable bonds is 6. The van der Waals surface area contributed by atoms with Crippen molar-refractivity contribution in [3.05, 3.63) is 29.3 Å². The van der Waals surface area contributed by atoms with Gasteiger partial charge in [0.2, 0.25) is 0 Å². The average Bonchev–Trinajstić information content (AvgIpc) is 2.35. The third-order valence-electron chi connectivity index (χ3n) is 2.60. The molecule has 1 unspecified atom stereocenters. The standard InChI is InChI=1S/C13H18O4/c1-3-17-8-13(16)11-6-10(9(2)7-14)4-5-12(11)15/h4-6,9,14-15H,3,7-8H2,1-2H3. The lowest BCUT2D eigenvalue weighted by Crippen LogP contribution is -2.10. The van der Waals surface area contributed by atoms with Crippen molar-refractivity contribution in [3.8, 4) is 5.75 Å². The zero-order valence-electron chi connectivity index (χ0n) is 10.1. The van der Waals surface area contributed by atoms with Gasteiger partial charge >= 0.3 is 0 Å². The summed E-state index contributed by atoms with van der Waals surface area (Å²) in [5, 5.41) is 18.7. The predicted molar refractivity (Wildman–Crippen MR) is 64.4 cm³/mol. The molecular formula is C13H18O4. The summed E-state index contributed by atoms with van der Waals surface area (Å²) in [6.45, 7) is 4.07. The van der Waals surface area contributed by atoms with Crippen LogP contribution in [0.1, 0.15) is 35.7 Å². The van der Waals surface area contributed by atoms with Crippen LogP contribution in [0.4, 0.5) is 0 Å². The van der Waals surface area contributed by atoms with E-state index in [-0.39, 0.29) is 36.2 Å². The number of aromatic hydroxyl groups is 1. The Morgan fingerprint density at radius 2 is 2.18 bits per heavy atom. The number of ketones is 1. The van der Waals surface area contributed by atoms with Gasteiger partial charge in [-0.05, 0) is 24.6 Å². The molecule has 0 saturated carbocycles. The number of phenolic OH excluding ortho intramolecular Hbond substituents is 1. The van der Waals surface area contributed by atoms with Gasteiger partial charge in [-0.3, -0.25) is 4.79 Å². The molecule has 0 bridgehead atoms. The predicted octanol–water partition coefficient (Wildman–Crippen LogP) is 1.71. The molecular weight excluding hydrogens is 220 g/mol. The number of aliphatic hydroxyl groups is 1. The number of Topliss-reactive ketones (excluding diaryl/α,β-unsaturated/α-hetero) is 1. The summed E-state index contributed by atoms with van der Waals surface area (Å²) in [4.78, 5) is 11.7. The van der Waals surface area contributed by atoms with Gasteiger partial charge in [-0.2, -0.15) is 0 Å². The van der Waals surface area contributed by atoms with Crippen molar-refractivity contribution >= 4 is 5.78 Å². The van der Waals surface area contributed by atoms with E-state index in [0.29, 0.717) is 6.61 Å². The van der Waals surface area contributed by atoms with E-state index in [0.717, 1.165) is 5.56 Å². The van der Waals surface area contributed by atoms with E-state index in [1.54, 1.807) is 19.1 Å². The second kappa shape index (κ2) is 6.37. The Morgan fingerprint density at radius 1 is 1.47 bits per heavy atom. The lowest BCUT2D eigenvalue weighted by molar-refractivity contribution is 0.0780. The molecule has 94 valence electrons. The summed E-state index contributed by atoms with van der Waals surface area (Å²) in [7, 11) is 0. The molecule has 0 aliphatic heterocycles. The van der Waals surface area contributed by atoms with Gasteiger partial charge in [0, 0.05) is 19.1 Å². The first kappa shape index (κ1) is 13.7. The zero-order valence-corrected chi connectivity index (χ0v) is 10.1. The minimum atomic E-state index is -0.253. The number of aliphatic hydroxyl groups excluding tert-OH is 1. The highest BCUT2D eigenvalue weighted by Gasteiger charge is 2.14. The van der Waals surface area contributed by atoms with Crippen LogP contribution in [-0.2, 0) is 4.74 Å². The van der Waals surface area contributed by atoms with Gasteiger partial charge in [0.15, 0.2) is 5.78 Å². The topological polar surface area (TPSA) is 66.8 Å². The lowest BCUT2D eigenvalue weighted by atomic mass is 9.98. The fourth-order valence-corrected chi connectivity index (χ4v) is 1.46. The van der Waals surface area contributed by atoms with Crippen LogP contribution >= 0.6 is 0 Å². The van der Waals surface area contributed by atoms with Gasteiger partial charge in [0.1, 0.15) is 12.4 Å². The summed E-state index contributed by atoms with van der Waals surface area (Å²) >= 11 is 0. The number of benzene rings is 1. The van der Waals surface area contributed by atoms with E-state index in [1.807, 2.05) is 6.92 Å². The van der Waals surface area contributed by atoms with Crippen molar-refractivity contribution in [2.75, 3.05) is 19.8 Å². The van der Waals surface area contributed by atoms with Crippen molar-refractivity contribution < 1.29 is 19.7 Å². The molecule has 1 rings (SSSR count). The number of hydrogen-bond donors (Lipinski definition) is 2. The molecule has 0 amide bonds. The molecule has 1 atom stereocenters. The maximum Gasteiger partial charge on any atom is 0.192 e. The first-order valence-electron chi connectivity index (χ1n) is 5.64. The second-order valence-corrected chi connectivity index (χ2v) is 3.92. The third-order valence-corrected chi connectivity index (χ3v) is 2.60. The maximum atomic E-state index is 11.7. The fraction of sp³-hybridized carbons (Fsp3) is 0.462. The molecule has 0 aromatic heterocycles. The average molecular weight is 238 g/mol. The highest BCUT2D eigenvalue weighted by atomic mass is 16.5. The number of ether oxygens (including phenoxy) is 1. The largest absolute Gasteiger partial charge is 0.507 e. The monoisotopic (exact) mass is 238 g/mol. The Bertz CT molecular complexity index is 387. The number of hydrogen-bond acceptors (Lipinski definition) is 4. The van der Waals surface area contributed by atoms with Gasteiger partial charge < -0.3 is 14.9 Å². The minimum absolute atomic E-state index is 0.00384. The van der Waals surface area contributed by atoms with Crippen LogP contribution in [0, 0.1) is 0 Å². The van der Waals surface area contributed by atoms with E-state index in [4.69, 9.17) is 9.84 Å². The molecule has 0 aliphatic carbocycles. The van der Waals surface area contributed by atoms with Gasteiger partial charge in [-0.1, -0.05) is 13.0 Å². The molecule has 0 heterocycles. The van der Waals surface area contributed by atoms with Crippen LogP contribution in [0.5, 0.6) is 5.75 Å². The first-order valence-corrected chi connectivity index (χ1v) is 5.64. The molecule has 0 fully saturated rings. The Morgan fingerprint density at radius 3 is 2.76 bits per heavy atom. The van der Waals surface area contributed by atoms with Crippen molar-refractivity contribution in [2.24, 2.45) is 0 Å². The molecule has 1 aromatic rings. The molecule has 0 spiro atoms. The summed E-state index contributed by atoms with van der Waals surface area (Å²) < 4.78 is 5.02. The minimum Gasteiger partial charge on any atom is -0.507 e. The summed E-state index contributed by atoms with van der Waals surface area (Å²) in [6, 6.07) is 4.78. The normalized spacial score (nSPS) is 12.4. The van der Waals surface area contributed by atoms with Gasteiger partial charge in [-0.25, -0.2) is 0 Å². The highest BCUT2D eigenvalue weighted by Crippen LogP contribution is 2.23. The molecule has 2 N–H and O–H groups in total. The van der Waals surface area contributed by atoms with Crippen molar-refractivity contribution in [3.63, 3.8) is 0 Å². The summed E-state index contributed by atoms with van der Waals surface area (Å²) in [5.41, 5.74) is 1.07. The van der Waals surface area contributed by atoms with E-state index in [9.17, 15) is 9.90 Å². The lowest BCUT2D eigenvalue weighted by Gasteiger charge is -2.11. The Kier molecular flexibility index (Phi) is 5.12. The van der Waals surface area contributed by atoms with Gasteiger partial charge in [0.25, 0.3) is 0 Å². The Hall–Kier alpha value is -1.39. The van der Waals surface area contributed by atoms with E-state index < -0.39 is 0 Å². The summed E-state index contributed by atoms with van der Waals surface area (Å²) in [6.07, 6.45) is 0. The van der Waals surface area contributed by atoms with Gasteiger partial charge in [-0.15, -0.1) is 0 Å².